The second-order valence-corrected chi connectivity index (χ2v) is 6.06. The molecule has 0 unspecified atom stereocenters. The molecule has 1 heterocycles. The first-order valence-electron chi connectivity index (χ1n) is 7.60. The number of fused-ring (bicyclic) bond motifs is 1. The molecular formula is C17H21N3O2. The molecule has 0 bridgehead atoms. The minimum absolute atomic E-state index is 0.215. The fraction of sp³-hybridized carbons (Fsp3) is 0.471. The van der Waals surface area contributed by atoms with E-state index in [0.29, 0.717) is 18.3 Å². The van der Waals surface area contributed by atoms with E-state index in [2.05, 4.69) is 15.3 Å². The number of ether oxygens (including phenoxy) is 1. The number of aromatic nitrogens is 2. The number of nitrogens with zero attached hydrogens (tertiary/aromatic N) is 2. The molecule has 1 aliphatic rings. The van der Waals surface area contributed by atoms with Gasteiger partial charge in [-0.2, -0.15) is 0 Å². The highest BCUT2D eigenvalue weighted by Gasteiger charge is 2.47. The number of aryl methyl sites for hydroxylation is 1. The maximum Gasteiger partial charge on any atom is 0.326 e. The molecule has 1 fully saturated rings. The largest absolute Gasteiger partial charge is 0.468 e. The normalized spacial score (nSPS) is 17.2. The predicted octanol–water partition coefficient (Wildman–Crippen LogP) is 2.37. The zero-order valence-corrected chi connectivity index (χ0v) is 13.2. The molecular weight excluding hydrogens is 278 g/mol. The van der Waals surface area contributed by atoms with E-state index in [9.17, 15) is 4.79 Å². The number of carbonyl (C=O) groups excluding carboxylic acids is 1. The Balaban J connectivity index is 1.82. The molecule has 0 saturated heterocycles. The summed E-state index contributed by atoms with van der Waals surface area (Å²) in [5.74, 6) is 0.820. The van der Waals surface area contributed by atoms with E-state index in [0.717, 1.165) is 29.4 Å². The number of para-hydroxylation sites is 1. The quantitative estimate of drug-likeness (QED) is 0.859. The van der Waals surface area contributed by atoms with Crippen molar-refractivity contribution in [1.82, 2.24) is 15.3 Å². The molecule has 1 aromatic heterocycles. The molecule has 0 aliphatic heterocycles. The van der Waals surface area contributed by atoms with Crippen molar-refractivity contribution in [3.05, 3.63) is 35.8 Å². The van der Waals surface area contributed by atoms with Crippen molar-refractivity contribution in [3.63, 3.8) is 0 Å². The van der Waals surface area contributed by atoms with Gasteiger partial charge in [0.1, 0.15) is 11.4 Å². The van der Waals surface area contributed by atoms with Gasteiger partial charge < -0.3 is 4.74 Å². The van der Waals surface area contributed by atoms with Crippen LogP contribution in [0.3, 0.4) is 0 Å². The lowest BCUT2D eigenvalue weighted by molar-refractivity contribution is -0.149. The third-order valence-corrected chi connectivity index (χ3v) is 4.46. The summed E-state index contributed by atoms with van der Waals surface area (Å²) >= 11 is 0. The Hall–Kier alpha value is -2.01. The number of hydrogen-bond donors (Lipinski definition) is 1. The molecule has 1 saturated carbocycles. The van der Waals surface area contributed by atoms with Crippen LogP contribution in [-0.4, -0.2) is 28.6 Å². The maximum absolute atomic E-state index is 12.1. The van der Waals surface area contributed by atoms with Crippen molar-refractivity contribution in [3.8, 4) is 0 Å². The summed E-state index contributed by atoms with van der Waals surface area (Å²) in [5.41, 5.74) is 1.23. The lowest BCUT2D eigenvalue weighted by atomic mass is 9.96. The summed E-state index contributed by atoms with van der Waals surface area (Å²) in [6.07, 6.45) is 2.10. The molecule has 5 heteroatoms. The maximum atomic E-state index is 12.1. The number of carbonyl (C=O) groups is 1. The van der Waals surface area contributed by atoms with Crippen molar-refractivity contribution < 1.29 is 9.53 Å². The Bertz CT molecular complexity index is 712. The van der Waals surface area contributed by atoms with Crippen molar-refractivity contribution >= 4 is 16.9 Å². The van der Waals surface area contributed by atoms with Crippen molar-refractivity contribution in [1.29, 1.82) is 0 Å². The highest BCUT2D eigenvalue weighted by atomic mass is 16.5. The van der Waals surface area contributed by atoms with Gasteiger partial charge in [0.05, 0.1) is 19.2 Å². The van der Waals surface area contributed by atoms with Crippen LogP contribution in [0.1, 0.15) is 31.3 Å². The van der Waals surface area contributed by atoms with Gasteiger partial charge in [0, 0.05) is 11.1 Å². The Morgan fingerprint density at radius 2 is 2.09 bits per heavy atom. The van der Waals surface area contributed by atoms with Gasteiger partial charge in [-0.25, -0.2) is 9.97 Å². The van der Waals surface area contributed by atoms with Gasteiger partial charge in [-0.05, 0) is 38.7 Å². The first-order chi connectivity index (χ1) is 10.5. The van der Waals surface area contributed by atoms with Crippen LogP contribution in [0.15, 0.2) is 24.3 Å². The third-order valence-electron chi connectivity index (χ3n) is 4.46. The molecule has 0 amide bonds. The number of methoxy groups -OCH3 is 1. The van der Waals surface area contributed by atoms with Gasteiger partial charge in [-0.1, -0.05) is 18.2 Å². The van der Waals surface area contributed by atoms with Crippen LogP contribution < -0.4 is 5.32 Å². The van der Waals surface area contributed by atoms with Crippen LogP contribution in [0.2, 0.25) is 0 Å². The van der Waals surface area contributed by atoms with Crippen LogP contribution in [0, 0.1) is 12.8 Å². The number of esters is 1. The van der Waals surface area contributed by atoms with Crippen molar-refractivity contribution in [2.45, 2.75) is 38.8 Å². The fourth-order valence-corrected chi connectivity index (χ4v) is 2.89. The van der Waals surface area contributed by atoms with E-state index in [4.69, 9.17) is 4.74 Å². The zero-order chi connectivity index (χ0) is 15.7. The van der Waals surface area contributed by atoms with Crippen LogP contribution in [-0.2, 0) is 16.1 Å². The molecule has 2 aromatic rings. The summed E-state index contributed by atoms with van der Waals surface area (Å²) in [5, 5.41) is 4.38. The lowest BCUT2D eigenvalue weighted by Crippen LogP contribution is -2.51. The number of hydrogen-bond acceptors (Lipinski definition) is 5. The molecule has 3 rings (SSSR count). The lowest BCUT2D eigenvalue weighted by Gasteiger charge is -2.27. The molecule has 116 valence electrons. The van der Waals surface area contributed by atoms with E-state index in [1.807, 2.05) is 38.1 Å². The summed E-state index contributed by atoms with van der Waals surface area (Å²) < 4.78 is 4.96. The molecule has 22 heavy (non-hydrogen) atoms. The SMILES string of the molecule is COC(=O)[C@@](C)(NCc1nc(C)c2ccccc2n1)C1CC1. The number of benzene rings is 1. The van der Waals surface area contributed by atoms with E-state index < -0.39 is 5.54 Å². The topological polar surface area (TPSA) is 64.1 Å². The van der Waals surface area contributed by atoms with E-state index in [-0.39, 0.29) is 5.97 Å². The van der Waals surface area contributed by atoms with Gasteiger partial charge in [0.15, 0.2) is 0 Å². The first-order valence-corrected chi connectivity index (χ1v) is 7.60. The Labute approximate surface area is 130 Å². The third kappa shape index (κ3) is 2.68. The Morgan fingerprint density at radius 1 is 1.36 bits per heavy atom. The molecule has 0 spiro atoms. The van der Waals surface area contributed by atoms with E-state index in [1.165, 1.54) is 7.11 Å². The molecule has 1 N–H and O–H groups in total. The monoisotopic (exact) mass is 299 g/mol. The Morgan fingerprint density at radius 3 is 2.77 bits per heavy atom. The first kappa shape index (κ1) is 14.9. The number of rotatable bonds is 5. The average Bonchev–Trinajstić information content (AvgIpc) is 3.37. The predicted molar refractivity (Wildman–Crippen MR) is 84.3 cm³/mol. The molecule has 5 nitrogen and oxygen atoms in total. The van der Waals surface area contributed by atoms with Crippen LogP contribution >= 0.6 is 0 Å². The average molecular weight is 299 g/mol. The molecule has 1 aromatic carbocycles. The van der Waals surface area contributed by atoms with E-state index >= 15 is 0 Å². The van der Waals surface area contributed by atoms with Crippen molar-refractivity contribution in [2.75, 3.05) is 7.11 Å². The van der Waals surface area contributed by atoms with E-state index in [1.54, 1.807) is 0 Å². The minimum atomic E-state index is -0.655. The number of nitrogens with one attached hydrogen (secondary N) is 1. The van der Waals surface area contributed by atoms with Gasteiger partial charge in [-0.3, -0.25) is 10.1 Å². The molecule has 0 radical (unpaired) electrons. The van der Waals surface area contributed by atoms with Gasteiger partial charge in [0.2, 0.25) is 0 Å². The van der Waals surface area contributed by atoms with Crippen LogP contribution in [0.25, 0.3) is 10.9 Å². The molecule has 1 aliphatic carbocycles. The van der Waals surface area contributed by atoms with Gasteiger partial charge >= 0.3 is 5.97 Å². The fourth-order valence-electron chi connectivity index (χ4n) is 2.89. The summed E-state index contributed by atoms with van der Waals surface area (Å²) in [4.78, 5) is 21.2. The smallest absolute Gasteiger partial charge is 0.326 e. The second kappa shape index (κ2) is 5.65. The van der Waals surface area contributed by atoms with Crippen molar-refractivity contribution in [2.24, 2.45) is 5.92 Å². The van der Waals surface area contributed by atoms with Gasteiger partial charge in [-0.15, -0.1) is 0 Å². The summed E-state index contributed by atoms with van der Waals surface area (Å²) in [7, 11) is 1.43. The summed E-state index contributed by atoms with van der Waals surface area (Å²) in [6.45, 7) is 4.34. The van der Waals surface area contributed by atoms with Crippen LogP contribution in [0.4, 0.5) is 0 Å². The minimum Gasteiger partial charge on any atom is -0.468 e. The van der Waals surface area contributed by atoms with Gasteiger partial charge in [0.25, 0.3) is 0 Å². The molecule has 1 atom stereocenters. The highest BCUT2D eigenvalue weighted by molar-refractivity contribution is 5.81. The zero-order valence-electron chi connectivity index (χ0n) is 13.2. The summed E-state index contributed by atoms with van der Waals surface area (Å²) in [6, 6.07) is 7.95. The van der Waals surface area contributed by atoms with Crippen LogP contribution in [0.5, 0.6) is 0 Å². The Kier molecular flexibility index (Phi) is 3.83. The second-order valence-electron chi connectivity index (χ2n) is 6.06. The standard InChI is InChI=1S/C17H21N3O2/c1-11-13-6-4-5-7-14(13)20-15(19-11)10-18-17(2,12-8-9-12)16(21)22-3/h4-7,12,18H,8-10H2,1-3H3/t17-/m0/s1. The highest BCUT2D eigenvalue weighted by Crippen LogP contribution is 2.40.